The van der Waals surface area contributed by atoms with E-state index < -0.39 is 12.0 Å². The number of carbonyl (C=O) groups is 1. The molecule has 3 aromatic rings. The molecule has 9 heteroatoms. The molecule has 3 heterocycles. The molecule has 0 N–H and O–H groups in total. The van der Waals surface area contributed by atoms with E-state index in [-0.39, 0.29) is 5.56 Å². The lowest BCUT2D eigenvalue weighted by Crippen LogP contribution is -2.39. The van der Waals surface area contributed by atoms with Crippen molar-refractivity contribution in [2.45, 2.75) is 13.0 Å². The number of aromatic nitrogens is 1. The molecule has 1 aromatic carbocycles. The molecule has 4 rings (SSSR count). The van der Waals surface area contributed by atoms with Crippen molar-refractivity contribution in [2.75, 3.05) is 21.3 Å². The van der Waals surface area contributed by atoms with Crippen LogP contribution in [0.25, 0.3) is 6.08 Å². The molecule has 1 aliphatic heterocycles. The van der Waals surface area contributed by atoms with Gasteiger partial charge in [0.25, 0.3) is 5.56 Å². The summed E-state index contributed by atoms with van der Waals surface area (Å²) in [5.41, 5.74) is 1.38. The van der Waals surface area contributed by atoms with Gasteiger partial charge in [0.05, 0.1) is 37.1 Å². The van der Waals surface area contributed by atoms with Gasteiger partial charge in [0.2, 0.25) is 0 Å². The van der Waals surface area contributed by atoms with Gasteiger partial charge in [-0.3, -0.25) is 9.36 Å². The van der Waals surface area contributed by atoms with E-state index in [1.54, 1.807) is 50.0 Å². The third-order valence-corrected chi connectivity index (χ3v) is 6.87. The molecule has 1 atom stereocenters. The molecular weight excluding hydrogens is 436 g/mol. The molecule has 0 saturated heterocycles. The largest absolute Gasteiger partial charge is 0.497 e. The van der Waals surface area contributed by atoms with Crippen LogP contribution in [0.5, 0.6) is 11.5 Å². The molecule has 0 bridgehead atoms. The average Bonchev–Trinajstić information content (AvgIpc) is 3.41. The molecular formula is C22H20N2O5S2. The minimum absolute atomic E-state index is 0.235. The summed E-state index contributed by atoms with van der Waals surface area (Å²) in [6, 6.07) is 8.59. The number of fused-ring (bicyclic) bond motifs is 1. The Balaban J connectivity index is 1.97. The summed E-state index contributed by atoms with van der Waals surface area (Å²) in [5.74, 6) is 0.774. The number of rotatable bonds is 5. The number of methoxy groups -OCH3 is 3. The summed E-state index contributed by atoms with van der Waals surface area (Å²) >= 11 is 2.74. The first kappa shape index (κ1) is 21.1. The molecule has 7 nitrogen and oxygen atoms in total. The molecule has 1 aliphatic rings. The molecule has 2 aromatic heterocycles. The average molecular weight is 457 g/mol. The van der Waals surface area contributed by atoms with Crippen LogP contribution in [0, 0.1) is 0 Å². The summed E-state index contributed by atoms with van der Waals surface area (Å²) in [6.07, 6.45) is 1.76. The third kappa shape index (κ3) is 3.70. The van der Waals surface area contributed by atoms with Gasteiger partial charge in [-0.15, -0.1) is 11.3 Å². The number of nitrogens with zero attached hydrogens (tertiary/aromatic N) is 2. The quantitative estimate of drug-likeness (QED) is 0.551. The number of ether oxygens (including phenoxy) is 3. The van der Waals surface area contributed by atoms with Gasteiger partial charge < -0.3 is 14.2 Å². The fourth-order valence-electron chi connectivity index (χ4n) is 3.50. The summed E-state index contributed by atoms with van der Waals surface area (Å²) in [7, 11) is 4.48. The van der Waals surface area contributed by atoms with E-state index in [1.165, 1.54) is 29.8 Å². The highest BCUT2D eigenvalue weighted by Gasteiger charge is 2.33. The zero-order valence-electron chi connectivity index (χ0n) is 17.4. The number of hydrogen-bond acceptors (Lipinski definition) is 8. The maximum absolute atomic E-state index is 13.5. The summed E-state index contributed by atoms with van der Waals surface area (Å²) in [5, 5.41) is 1.91. The lowest BCUT2D eigenvalue weighted by molar-refractivity contribution is -0.136. The fraction of sp³-hybridized carbons (Fsp3) is 0.227. The summed E-state index contributed by atoms with van der Waals surface area (Å²) < 4.78 is 17.8. The van der Waals surface area contributed by atoms with E-state index in [9.17, 15) is 9.59 Å². The SMILES string of the molecule is COC(=O)C1=C(C)N=c2sc(=Cc3cc(OC)ccc3OC)c(=O)n2C1c1cccs1. The summed E-state index contributed by atoms with van der Waals surface area (Å²) in [4.78, 5) is 32.0. The summed E-state index contributed by atoms with van der Waals surface area (Å²) in [6.45, 7) is 1.76. The second kappa shape index (κ2) is 8.52. The van der Waals surface area contributed by atoms with Gasteiger partial charge >= 0.3 is 5.97 Å². The predicted molar refractivity (Wildman–Crippen MR) is 120 cm³/mol. The maximum atomic E-state index is 13.5. The minimum atomic E-state index is -0.585. The van der Waals surface area contributed by atoms with Crippen LogP contribution in [0.3, 0.4) is 0 Å². The van der Waals surface area contributed by atoms with Crippen molar-refractivity contribution in [3.05, 3.63) is 77.1 Å². The molecule has 31 heavy (non-hydrogen) atoms. The molecule has 1 unspecified atom stereocenters. The Hall–Kier alpha value is -3.17. The molecule has 0 fully saturated rings. The monoisotopic (exact) mass is 456 g/mol. The van der Waals surface area contributed by atoms with Crippen molar-refractivity contribution in [3.8, 4) is 11.5 Å². The van der Waals surface area contributed by atoms with Crippen LogP contribution in [0.15, 0.2) is 56.8 Å². The third-order valence-electron chi connectivity index (χ3n) is 4.96. The van der Waals surface area contributed by atoms with Gasteiger partial charge in [0.1, 0.15) is 17.5 Å². The number of carbonyl (C=O) groups excluding carboxylic acids is 1. The van der Waals surface area contributed by atoms with Crippen molar-refractivity contribution in [1.29, 1.82) is 0 Å². The predicted octanol–water partition coefficient (Wildman–Crippen LogP) is 2.49. The minimum Gasteiger partial charge on any atom is -0.497 e. The first-order valence-electron chi connectivity index (χ1n) is 9.34. The second-order valence-electron chi connectivity index (χ2n) is 6.70. The van der Waals surface area contributed by atoms with E-state index in [1.807, 2.05) is 17.5 Å². The van der Waals surface area contributed by atoms with Crippen LogP contribution in [0.4, 0.5) is 0 Å². The second-order valence-corrected chi connectivity index (χ2v) is 8.69. The van der Waals surface area contributed by atoms with Crippen molar-refractivity contribution in [3.63, 3.8) is 0 Å². The maximum Gasteiger partial charge on any atom is 0.338 e. The van der Waals surface area contributed by atoms with Gasteiger partial charge in [-0.1, -0.05) is 17.4 Å². The van der Waals surface area contributed by atoms with E-state index in [0.29, 0.717) is 37.7 Å². The standard InChI is InChI=1S/C22H20N2O5S2/c1-12-18(21(26)29-4)19(16-6-5-9-30-16)24-20(25)17(31-22(24)23-12)11-13-10-14(27-2)7-8-15(13)28-3/h5-11,19H,1-4H3. The Morgan fingerprint density at radius 3 is 2.65 bits per heavy atom. The Kier molecular flexibility index (Phi) is 5.79. The van der Waals surface area contributed by atoms with Gasteiger partial charge in [-0.25, -0.2) is 9.79 Å². The Morgan fingerprint density at radius 2 is 2.00 bits per heavy atom. The molecule has 0 spiro atoms. The van der Waals surface area contributed by atoms with Crippen LogP contribution < -0.4 is 24.4 Å². The highest BCUT2D eigenvalue weighted by atomic mass is 32.1. The van der Waals surface area contributed by atoms with Gasteiger partial charge in [0.15, 0.2) is 4.80 Å². The number of allylic oxidation sites excluding steroid dienone is 1. The Bertz CT molecular complexity index is 1350. The van der Waals surface area contributed by atoms with Crippen molar-refractivity contribution in [1.82, 2.24) is 4.57 Å². The lowest BCUT2D eigenvalue weighted by Gasteiger charge is -2.22. The van der Waals surface area contributed by atoms with Gasteiger partial charge in [-0.2, -0.15) is 0 Å². The molecule has 160 valence electrons. The zero-order valence-corrected chi connectivity index (χ0v) is 19.0. The van der Waals surface area contributed by atoms with Crippen LogP contribution in [0.2, 0.25) is 0 Å². The van der Waals surface area contributed by atoms with Crippen LogP contribution in [-0.2, 0) is 9.53 Å². The van der Waals surface area contributed by atoms with E-state index in [0.717, 1.165) is 4.88 Å². The normalized spacial score (nSPS) is 16.0. The van der Waals surface area contributed by atoms with Crippen molar-refractivity contribution < 1.29 is 19.0 Å². The number of esters is 1. The van der Waals surface area contributed by atoms with E-state index in [4.69, 9.17) is 14.2 Å². The Labute approximate surface area is 186 Å². The first-order valence-corrected chi connectivity index (χ1v) is 11.0. The lowest BCUT2D eigenvalue weighted by atomic mass is 10.0. The zero-order chi connectivity index (χ0) is 22.1. The van der Waals surface area contributed by atoms with Gasteiger partial charge in [0, 0.05) is 10.4 Å². The number of thiophene rings is 1. The molecule has 0 saturated carbocycles. The van der Waals surface area contributed by atoms with Crippen LogP contribution >= 0.6 is 22.7 Å². The number of thiazole rings is 1. The van der Waals surface area contributed by atoms with Crippen molar-refractivity contribution in [2.24, 2.45) is 4.99 Å². The van der Waals surface area contributed by atoms with Crippen molar-refractivity contribution >= 4 is 34.7 Å². The molecule has 0 amide bonds. The fourth-order valence-corrected chi connectivity index (χ4v) is 5.36. The number of benzene rings is 1. The van der Waals surface area contributed by atoms with Crippen LogP contribution in [-0.4, -0.2) is 31.9 Å². The molecule has 0 aliphatic carbocycles. The Morgan fingerprint density at radius 1 is 1.19 bits per heavy atom. The smallest absolute Gasteiger partial charge is 0.338 e. The van der Waals surface area contributed by atoms with Crippen LogP contribution in [0.1, 0.15) is 23.4 Å². The van der Waals surface area contributed by atoms with E-state index >= 15 is 0 Å². The van der Waals surface area contributed by atoms with Gasteiger partial charge in [-0.05, 0) is 42.6 Å². The van der Waals surface area contributed by atoms with E-state index in [2.05, 4.69) is 4.99 Å². The highest BCUT2D eigenvalue weighted by molar-refractivity contribution is 7.10. The molecule has 0 radical (unpaired) electrons. The first-order chi connectivity index (χ1) is 15.0. The highest BCUT2D eigenvalue weighted by Crippen LogP contribution is 2.33. The number of hydrogen-bond donors (Lipinski definition) is 0. The topological polar surface area (TPSA) is 79.1 Å².